The largest absolute Gasteiger partial charge is 0.320 e. The SMILES string of the molecule is Cc1ccc(NC(=O)CSc2nnc(CN3CCCC3)n2Cc2ccccc2)c([N+](=O)[O-])c1. The summed E-state index contributed by atoms with van der Waals surface area (Å²) in [7, 11) is 0. The first kappa shape index (κ1) is 22.9. The molecule has 1 fully saturated rings. The summed E-state index contributed by atoms with van der Waals surface area (Å²) < 4.78 is 2.06. The van der Waals surface area contributed by atoms with Gasteiger partial charge in [0.15, 0.2) is 5.16 Å². The van der Waals surface area contributed by atoms with Crippen LogP contribution in [0.5, 0.6) is 0 Å². The molecule has 1 saturated heterocycles. The number of likely N-dealkylation sites (tertiary alicyclic amines) is 1. The van der Waals surface area contributed by atoms with E-state index in [1.54, 1.807) is 19.1 Å². The maximum atomic E-state index is 12.6. The van der Waals surface area contributed by atoms with Crippen molar-refractivity contribution in [2.45, 2.75) is 38.0 Å². The highest BCUT2D eigenvalue weighted by Crippen LogP contribution is 2.26. The number of carbonyl (C=O) groups is 1. The highest BCUT2D eigenvalue weighted by molar-refractivity contribution is 7.99. The summed E-state index contributed by atoms with van der Waals surface area (Å²) in [5, 5.41) is 23.4. The number of nitrogens with zero attached hydrogens (tertiary/aromatic N) is 5. The molecule has 0 unspecified atom stereocenters. The van der Waals surface area contributed by atoms with Gasteiger partial charge in [0.1, 0.15) is 11.5 Å². The number of nitro benzene ring substituents is 1. The summed E-state index contributed by atoms with van der Waals surface area (Å²) in [6.45, 7) is 5.22. The van der Waals surface area contributed by atoms with Crippen LogP contribution in [-0.4, -0.2) is 49.3 Å². The Morgan fingerprint density at radius 1 is 1.12 bits per heavy atom. The third kappa shape index (κ3) is 5.96. The fourth-order valence-electron chi connectivity index (χ4n) is 3.82. The predicted molar refractivity (Wildman–Crippen MR) is 127 cm³/mol. The van der Waals surface area contributed by atoms with Gasteiger partial charge in [-0.3, -0.25) is 19.8 Å². The minimum absolute atomic E-state index is 0.0711. The van der Waals surface area contributed by atoms with Crippen molar-refractivity contribution in [1.29, 1.82) is 0 Å². The zero-order valence-corrected chi connectivity index (χ0v) is 19.3. The van der Waals surface area contributed by atoms with Gasteiger partial charge in [-0.2, -0.15) is 0 Å². The third-order valence-electron chi connectivity index (χ3n) is 5.50. The van der Waals surface area contributed by atoms with E-state index < -0.39 is 4.92 Å². The lowest BCUT2D eigenvalue weighted by Crippen LogP contribution is -2.22. The Bertz CT molecular complexity index is 1130. The minimum Gasteiger partial charge on any atom is -0.320 e. The van der Waals surface area contributed by atoms with Gasteiger partial charge in [-0.1, -0.05) is 48.2 Å². The lowest BCUT2D eigenvalue weighted by Gasteiger charge is -2.16. The fourth-order valence-corrected chi connectivity index (χ4v) is 4.58. The Hall–Kier alpha value is -3.24. The average molecular weight is 467 g/mol. The number of amides is 1. The third-order valence-corrected chi connectivity index (χ3v) is 6.46. The summed E-state index contributed by atoms with van der Waals surface area (Å²) in [5.74, 6) is 0.613. The second-order valence-corrected chi connectivity index (χ2v) is 9.01. The molecule has 9 nitrogen and oxygen atoms in total. The molecule has 0 spiro atoms. The first-order valence-electron chi connectivity index (χ1n) is 10.9. The fraction of sp³-hybridized carbons (Fsp3) is 0.348. The molecule has 0 radical (unpaired) electrons. The average Bonchev–Trinajstić information content (AvgIpc) is 3.45. The van der Waals surface area contributed by atoms with Crippen molar-refractivity contribution in [2.75, 3.05) is 24.2 Å². The molecule has 2 heterocycles. The number of aryl methyl sites for hydroxylation is 1. The Labute approximate surface area is 196 Å². The van der Waals surface area contributed by atoms with E-state index in [2.05, 4.69) is 37.1 Å². The molecule has 1 amide bonds. The summed E-state index contributed by atoms with van der Waals surface area (Å²) >= 11 is 1.28. The molecule has 0 bridgehead atoms. The maximum Gasteiger partial charge on any atom is 0.293 e. The molecule has 33 heavy (non-hydrogen) atoms. The van der Waals surface area contributed by atoms with E-state index in [0.29, 0.717) is 11.7 Å². The first-order valence-corrected chi connectivity index (χ1v) is 11.8. The van der Waals surface area contributed by atoms with Gasteiger partial charge < -0.3 is 9.88 Å². The van der Waals surface area contributed by atoms with E-state index in [4.69, 9.17) is 0 Å². The molecule has 1 aromatic heterocycles. The van der Waals surface area contributed by atoms with Crippen molar-refractivity contribution in [2.24, 2.45) is 0 Å². The second kappa shape index (κ2) is 10.6. The number of rotatable bonds is 9. The molecular weight excluding hydrogens is 440 g/mol. The molecule has 1 aliphatic rings. The molecule has 0 atom stereocenters. The molecule has 0 saturated carbocycles. The van der Waals surface area contributed by atoms with Crippen LogP contribution < -0.4 is 5.32 Å². The highest BCUT2D eigenvalue weighted by atomic mass is 32.2. The van der Waals surface area contributed by atoms with Crippen molar-refractivity contribution >= 4 is 29.0 Å². The summed E-state index contributed by atoms with van der Waals surface area (Å²) in [5.41, 5.74) is 1.96. The molecule has 172 valence electrons. The van der Waals surface area contributed by atoms with E-state index in [1.807, 2.05) is 18.2 Å². The van der Waals surface area contributed by atoms with Crippen LogP contribution in [0.3, 0.4) is 0 Å². The zero-order valence-electron chi connectivity index (χ0n) is 18.4. The van der Waals surface area contributed by atoms with Crippen LogP contribution in [0, 0.1) is 17.0 Å². The van der Waals surface area contributed by atoms with Crippen molar-refractivity contribution in [3.8, 4) is 0 Å². The van der Waals surface area contributed by atoms with Gasteiger partial charge in [0.05, 0.1) is 23.8 Å². The van der Waals surface area contributed by atoms with Crippen LogP contribution in [0.25, 0.3) is 0 Å². The highest BCUT2D eigenvalue weighted by Gasteiger charge is 2.20. The summed E-state index contributed by atoms with van der Waals surface area (Å²) in [4.78, 5) is 25.8. The van der Waals surface area contributed by atoms with Gasteiger partial charge in [-0.25, -0.2) is 0 Å². The predicted octanol–water partition coefficient (Wildman–Crippen LogP) is 3.87. The number of hydrogen-bond donors (Lipinski definition) is 1. The van der Waals surface area contributed by atoms with Gasteiger partial charge in [-0.15, -0.1) is 10.2 Å². The monoisotopic (exact) mass is 466 g/mol. The Morgan fingerprint density at radius 3 is 2.61 bits per heavy atom. The maximum absolute atomic E-state index is 12.6. The molecule has 3 aromatic rings. The molecule has 1 N–H and O–H groups in total. The normalized spacial score (nSPS) is 13.8. The van der Waals surface area contributed by atoms with Crippen LogP contribution in [0.2, 0.25) is 0 Å². The number of anilines is 1. The van der Waals surface area contributed by atoms with Gasteiger partial charge in [0, 0.05) is 6.07 Å². The standard InChI is InChI=1S/C23H26N6O3S/c1-17-9-10-19(20(13-17)29(31)32)24-22(30)16-33-23-26-25-21(15-27-11-5-6-12-27)28(23)14-18-7-3-2-4-8-18/h2-4,7-10,13H,5-6,11-12,14-16H2,1H3,(H,24,30). The van der Waals surface area contributed by atoms with E-state index >= 15 is 0 Å². The Morgan fingerprint density at radius 2 is 1.88 bits per heavy atom. The molecule has 10 heteroatoms. The van der Waals surface area contributed by atoms with Gasteiger partial charge in [0.2, 0.25) is 5.91 Å². The smallest absolute Gasteiger partial charge is 0.293 e. The zero-order chi connectivity index (χ0) is 23.2. The molecule has 4 rings (SSSR count). The topological polar surface area (TPSA) is 106 Å². The van der Waals surface area contributed by atoms with Gasteiger partial charge in [0.25, 0.3) is 5.69 Å². The summed E-state index contributed by atoms with van der Waals surface area (Å²) in [6.07, 6.45) is 2.39. The van der Waals surface area contributed by atoms with Crippen LogP contribution in [0.15, 0.2) is 53.7 Å². The lowest BCUT2D eigenvalue weighted by molar-refractivity contribution is -0.384. The van der Waals surface area contributed by atoms with Crippen LogP contribution >= 0.6 is 11.8 Å². The van der Waals surface area contributed by atoms with Crippen LogP contribution in [-0.2, 0) is 17.9 Å². The van der Waals surface area contributed by atoms with E-state index in [1.165, 1.54) is 30.7 Å². The van der Waals surface area contributed by atoms with Crippen LogP contribution in [0.1, 0.15) is 29.8 Å². The quantitative estimate of drug-likeness (QED) is 0.290. The van der Waals surface area contributed by atoms with Crippen molar-refractivity contribution in [3.63, 3.8) is 0 Å². The first-order chi connectivity index (χ1) is 16.0. The van der Waals surface area contributed by atoms with Crippen molar-refractivity contribution in [1.82, 2.24) is 19.7 Å². The Kier molecular flexibility index (Phi) is 7.36. The molecular formula is C23H26N6O3S. The van der Waals surface area contributed by atoms with Crippen molar-refractivity contribution in [3.05, 3.63) is 75.6 Å². The summed E-state index contributed by atoms with van der Waals surface area (Å²) in [6, 6.07) is 14.8. The number of benzene rings is 2. The molecule has 0 aliphatic carbocycles. The lowest BCUT2D eigenvalue weighted by atomic mass is 10.2. The van der Waals surface area contributed by atoms with E-state index in [0.717, 1.165) is 36.6 Å². The van der Waals surface area contributed by atoms with Crippen LogP contribution in [0.4, 0.5) is 11.4 Å². The van der Waals surface area contributed by atoms with E-state index in [-0.39, 0.29) is 23.0 Å². The van der Waals surface area contributed by atoms with Crippen molar-refractivity contribution < 1.29 is 9.72 Å². The number of hydrogen-bond acceptors (Lipinski definition) is 7. The number of thioether (sulfide) groups is 1. The Balaban J connectivity index is 1.47. The van der Waals surface area contributed by atoms with Gasteiger partial charge >= 0.3 is 0 Å². The number of nitro groups is 1. The number of nitrogens with one attached hydrogen (secondary N) is 1. The number of carbonyl (C=O) groups excluding carboxylic acids is 1. The van der Waals surface area contributed by atoms with E-state index in [9.17, 15) is 14.9 Å². The second-order valence-electron chi connectivity index (χ2n) is 8.07. The molecule has 2 aromatic carbocycles. The number of aromatic nitrogens is 3. The molecule has 1 aliphatic heterocycles. The minimum atomic E-state index is -0.489. The van der Waals surface area contributed by atoms with Gasteiger partial charge in [-0.05, 0) is 50.0 Å².